The molecular weight excluding hydrogens is 409 g/mol. The van der Waals surface area contributed by atoms with Crippen LogP contribution in [0.3, 0.4) is 0 Å². The molecule has 0 aliphatic heterocycles. The summed E-state index contributed by atoms with van der Waals surface area (Å²) in [4.78, 5) is 12.8. The summed E-state index contributed by atoms with van der Waals surface area (Å²) in [7, 11) is 1.54. The summed E-state index contributed by atoms with van der Waals surface area (Å²) in [5.74, 6) is 0.570. The van der Waals surface area contributed by atoms with Crippen molar-refractivity contribution in [2.45, 2.75) is 10.1 Å². The number of hydrogen-bond donors (Lipinski definition) is 1. The lowest BCUT2D eigenvalue weighted by Gasteiger charge is -2.09. The number of methoxy groups -OCH3 is 1. The van der Waals surface area contributed by atoms with E-state index in [-0.39, 0.29) is 11.7 Å². The van der Waals surface area contributed by atoms with Crippen molar-refractivity contribution in [2.24, 2.45) is 0 Å². The Morgan fingerprint density at radius 2 is 1.83 bits per heavy atom. The minimum atomic E-state index is -0.307. The quantitative estimate of drug-likeness (QED) is 0.332. The molecule has 0 saturated carbocycles. The molecule has 4 rings (SSSR count). The largest absolute Gasteiger partial charge is 0.496 e. The zero-order valence-electron chi connectivity index (χ0n) is 15.4. The summed E-state index contributed by atoms with van der Waals surface area (Å²) in [5.41, 5.74) is 1.42. The predicted molar refractivity (Wildman–Crippen MR) is 114 cm³/mol. The first kappa shape index (κ1) is 19.4. The Morgan fingerprint density at radius 3 is 2.55 bits per heavy atom. The van der Waals surface area contributed by atoms with E-state index in [0.29, 0.717) is 22.2 Å². The van der Waals surface area contributed by atoms with Crippen LogP contribution in [0.2, 0.25) is 0 Å². The number of carbonyl (C=O) groups is 1. The van der Waals surface area contributed by atoms with Gasteiger partial charge in [0.15, 0.2) is 4.34 Å². The van der Waals surface area contributed by atoms with E-state index in [1.165, 1.54) is 42.3 Å². The number of halogens is 1. The molecule has 0 atom stereocenters. The van der Waals surface area contributed by atoms with Gasteiger partial charge in [-0.2, -0.15) is 0 Å². The van der Waals surface area contributed by atoms with Crippen molar-refractivity contribution in [1.82, 2.24) is 10.2 Å². The van der Waals surface area contributed by atoms with E-state index >= 15 is 0 Å². The van der Waals surface area contributed by atoms with Crippen molar-refractivity contribution < 1.29 is 13.9 Å². The van der Waals surface area contributed by atoms with Crippen LogP contribution in [0.4, 0.5) is 9.52 Å². The average Bonchev–Trinajstić information content (AvgIpc) is 3.19. The van der Waals surface area contributed by atoms with E-state index < -0.39 is 0 Å². The molecule has 0 aliphatic carbocycles. The summed E-state index contributed by atoms with van der Waals surface area (Å²) < 4.78 is 19.1. The summed E-state index contributed by atoms with van der Waals surface area (Å²) in [6, 6.07) is 17.7. The molecule has 146 valence electrons. The normalized spacial score (nSPS) is 10.8. The van der Waals surface area contributed by atoms with Gasteiger partial charge in [-0.3, -0.25) is 10.1 Å². The van der Waals surface area contributed by atoms with Gasteiger partial charge in [0, 0.05) is 5.75 Å². The van der Waals surface area contributed by atoms with E-state index in [1.807, 2.05) is 30.3 Å². The molecule has 1 N–H and O–H groups in total. The number of ether oxygens (including phenoxy) is 1. The summed E-state index contributed by atoms with van der Waals surface area (Å²) in [6.45, 7) is 0. The molecule has 1 heterocycles. The van der Waals surface area contributed by atoms with E-state index in [0.717, 1.165) is 20.7 Å². The third kappa shape index (κ3) is 4.55. The van der Waals surface area contributed by atoms with Gasteiger partial charge in [0.2, 0.25) is 5.13 Å². The SMILES string of the molecule is COc1cc2ccccc2cc1C(=O)Nc1nnc(SCc2ccc(F)cc2)s1. The number of carbonyl (C=O) groups excluding carboxylic acids is 1. The van der Waals surface area contributed by atoms with Crippen LogP contribution in [0.25, 0.3) is 10.8 Å². The van der Waals surface area contributed by atoms with Crippen molar-refractivity contribution >= 4 is 44.9 Å². The monoisotopic (exact) mass is 425 g/mol. The van der Waals surface area contributed by atoms with Crippen LogP contribution in [0.5, 0.6) is 5.75 Å². The number of aromatic nitrogens is 2. The third-order valence-corrected chi connectivity index (χ3v) is 6.26. The summed E-state index contributed by atoms with van der Waals surface area (Å²) in [5, 5.41) is 13.3. The maximum atomic E-state index is 13.0. The number of hydrogen-bond acceptors (Lipinski definition) is 6. The van der Waals surface area contributed by atoms with Crippen LogP contribution in [0.1, 0.15) is 15.9 Å². The number of thioether (sulfide) groups is 1. The highest BCUT2D eigenvalue weighted by Crippen LogP contribution is 2.30. The maximum Gasteiger partial charge on any atom is 0.261 e. The first-order chi connectivity index (χ1) is 14.1. The van der Waals surface area contributed by atoms with Gasteiger partial charge in [-0.1, -0.05) is 59.5 Å². The molecule has 0 saturated heterocycles. The fraction of sp³-hybridized carbons (Fsp3) is 0.0952. The lowest BCUT2D eigenvalue weighted by molar-refractivity contribution is 0.102. The summed E-state index contributed by atoms with van der Waals surface area (Å²) >= 11 is 2.77. The zero-order valence-corrected chi connectivity index (χ0v) is 17.0. The molecule has 0 fully saturated rings. The highest BCUT2D eigenvalue weighted by molar-refractivity contribution is 8.00. The second kappa shape index (κ2) is 8.59. The van der Waals surface area contributed by atoms with Crippen LogP contribution in [0, 0.1) is 5.82 Å². The first-order valence-corrected chi connectivity index (χ1v) is 10.5. The van der Waals surface area contributed by atoms with Gasteiger partial charge >= 0.3 is 0 Å². The second-order valence-electron chi connectivity index (χ2n) is 6.14. The molecule has 5 nitrogen and oxygen atoms in total. The van der Waals surface area contributed by atoms with Gasteiger partial charge in [-0.15, -0.1) is 10.2 Å². The lowest BCUT2D eigenvalue weighted by Crippen LogP contribution is -2.13. The van der Waals surface area contributed by atoms with Crippen LogP contribution in [-0.2, 0) is 5.75 Å². The molecule has 1 aromatic heterocycles. The fourth-order valence-corrected chi connectivity index (χ4v) is 4.48. The van der Waals surface area contributed by atoms with Gasteiger partial charge in [0.05, 0.1) is 12.7 Å². The topological polar surface area (TPSA) is 64.1 Å². The molecule has 0 unspecified atom stereocenters. The number of amides is 1. The minimum absolute atomic E-state index is 0.260. The van der Waals surface area contributed by atoms with Gasteiger partial charge in [0.1, 0.15) is 11.6 Å². The molecule has 0 spiro atoms. The molecule has 0 aliphatic rings. The first-order valence-electron chi connectivity index (χ1n) is 8.71. The zero-order chi connectivity index (χ0) is 20.2. The molecule has 4 aromatic rings. The van der Waals surface area contributed by atoms with E-state index in [4.69, 9.17) is 4.74 Å². The standard InChI is InChI=1S/C21H16FN3O2S2/c1-27-18-11-15-5-3-2-4-14(15)10-17(18)19(26)23-20-24-25-21(29-20)28-12-13-6-8-16(22)9-7-13/h2-11H,12H2,1H3,(H,23,24,26). The molecule has 0 radical (unpaired) electrons. The number of rotatable bonds is 6. The Kier molecular flexibility index (Phi) is 5.73. The van der Waals surface area contributed by atoms with Gasteiger partial charge in [-0.25, -0.2) is 4.39 Å². The van der Waals surface area contributed by atoms with Crippen molar-refractivity contribution in [3.63, 3.8) is 0 Å². The lowest BCUT2D eigenvalue weighted by atomic mass is 10.1. The Labute approximate surface area is 174 Å². The van der Waals surface area contributed by atoms with Crippen LogP contribution < -0.4 is 10.1 Å². The Hall–Kier alpha value is -2.97. The summed E-state index contributed by atoms with van der Waals surface area (Å²) in [6.07, 6.45) is 0. The van der Waals surface area contributed by atoms with Crippen molar-refractivity contribution in [1.29, 1.82) is 0 Å². The highest BCUT2D eigenvalue weighted by atomic mass is 32.2. The fourth-order valence-electron chi connectivity index (χ4n) is 2.77. The maximum absolute atomic E-state index is 13.0. The Morgan fingerprint density at radius 1 is 1.10 bits per heavy atom. The highest BCUT2D eigenvalue weighted by Gasteiger charge is 2.16. The predicted octanol–water partition coefficient (Wildman–Crippen LogP) is 5.38. The molecule has 8 heteroatoms. The number of nitrogens with zero attached hydrogens (tertiary/aromatic N) is 2. The Balaban J connectivity index is 1.46. The van der Waals surface area contributed by atoms with Crippen molar-refractivity contribution in [3.05, 3.63) is 77.6 Å². The number of benzene rings is 3. The second-order valence-corrected chi connectivity index (χ2v) is 8.34. The third-order valence-electron chi connectivity index (χ3n) is 4.21. The van der Waals surface area contributed by atoms with Crippen molar-refractivity contribution in [2.75, 3.05) is 12.4 Å². The van der Waals surface area contributed by atoms with Gasteiger partial charge < -0.3 is 4.74 Å². The Bertz CT molecular complexity index is 1160. The molecule has 0 bridgehead atoms. The van der Waals surface area contributed by atoms with E-state index in [9.17, 15) is 9.18 Å². The smallest absolute Gasteiger partial charge is 0.261 e. The van der Waals surface area contributed by atoms with Crippen LogP contribution in [-0.4, -0.2) is 23.2 Å². The van der Waals surface area contributed by atoms with E-state index in [2.05, 4.69) is 15.5 Å². The minimum Gasteiger partial charge on any atom is -0.496 e. The van der Waals surface area contributed by atoms with Gasteiger partial charge in [0.25, 0.3) is 5.91 Å². The number of nitrogens with one attached hydrogen (secondary N) is 1. The average molecular weight is 426 g/mol. The number of anilines is 1. The molecule has 29 heavy (non-hydrogen) atoms. The molecule has 3 aromatic carbocycles. The molecular formula is C21H16FN3O2S2. The van der Waals surface area contributed by atoms with Crippen LogP contribution in [0.15, 0.2) is 65.0 Å². The molecule has 1 amide bonds. The number of fused-ring (bicyclic) bond motifs is 1. The van der Waals surface area contributed by atoms with Crippen LogP contribution >= 0.6 is 23.1 Å². The van der Waals surface area contributed by atoms with Crippen molar-refractivity contribution in [3.8, 4) is 5.75 Å². The van der Waals surface area contributed by atoms with E-state index in [1.54, 1.807) is 18.2 Å². The van der Waals surface area contributed by atoms with Gasteiger partial charge in [-0.05, 0) is 40.6 Å².